The van der Waals surface area contributed by atoms with E-state index >= 15 is 0 Å². The molecule has 0 spiro atoms. The summed E-state index contributed by atoms with van der Waals surface area (Å²) in [5.74, 6) is 0.179. The van der Waals surface area contributed by atoms with Gasteiger partial charge in [0.1, 0.15) is 6.26 Å². The summed E-state index contributed by atoms with van der Waals surface area (Å²) < 4.78 is 5.48. The van der Waals surface area contributed by atoms with Gasteiger partial charge in [0.15, 0.2) is 0 Å². The van der Waals surface area contributed by atoms with Crippen molar-refractivity contribution in [2.24, 2.45) is 5.92 Å². The zero-order chi connectivity index (χ0) is 13.9. The molecule has 1 N–H and O–H groups in total. The minimum absolute atomic E-state index is 0.255. The lowest BCUT2D eigenvalue weighted by Crippen LogP contribution is -2.46. The zero-order valence-corrected chi connectivity index (χ0v) is 11.0. The fraction of sp³-hybridized carbons (Fsp3) is 0.333. The molecule has 0 atom stereocenters. The van der Waals surface area contributed by atoms with Gasteiger partial charge in [-0.15, -0.1) is 0 Å². The fourth-order valence-electron chi connectivity index (χ4n) is 2.50. The highest BCUT2D eigenvalue weighted by molar-refractivity contribution is 5.67. The first-order valence-electron chi connectivity index (χ1n) is 6.64. The molecule has 1 saturated heterocycles. The van der Waals surface area contributed by atoms with Crippen molar-refractivity contribution in [2.45, 2.75) is 13.0 Å². The van der Waals surface area contributed by atoms with E-state index in [-0.39, 0.29) is 12.3 Å². The number of carboxylic acid groups (broad SMARTS) is 1. The minimum atomic E-state index is -0.720. The molecule has 1 aromatic heterocycles. The van der Waals surface area contributed by atoms with Crippen LogP contribution in [0.25, 0.3) is 11.5 Å². The average Bonchev–Trinajstić information content (AvgIpc) is 2.85. The molecule has 5 heteroatoms. The molecule has 1 aliphatic rings. The highest BCUT2D eigenvalue weighted by Gasteiger charge is 2.28. The molecule has 0 unspecified atom stereocenters. The van der Waals surface area contributed by atoms with E-state index in [0.29, 0.717) is 12.4 Å². The topological polar surface area (TPSA) is 66.6 Å². The molecule has 20 heavy (non-hydrogen) atoms. The number of carbonyl (C=O) groups is 1. The van der Waals surface area contributed by atoms with Crippen molar-refractivity contribution in [3.05, 3.63) is 42.3 Å². The third-order valence-electron chi connectivity index (χ3n) is 3.45. The van der Waals surface area contributed by atoms with Crippen LogP contribution in [0.5, 0.6) is 0 Å². The molecular formula is C15H16N2O3. The SMILES string of the molecule is O=C(O)CC1CN(Cc2coc(-c3ccccc3)n2)C1. The van der Waals surface area contributed by atoms with Crippen molar-refractivity contribution in [2.75, 3.05) is 13.1 Å². The van der Waals surface area contributed by atoms with Crippen LogP contribution < -0.4 is 0 Å². The van der Waals surface area contributed by atoms with Crippen LogP contribution in [0.1, 0.15) is 12.1 Å². The number of likely N-dealkylation sites (tertiary alicyclic amines) is 1. The van der Waals surface area contributed by atoms with E-state index in [4.69, 9.17) is 9.52 Å². The third-order valence-corrected chi connectivity index (χ3v) is 3.45. The first kappa shape index (κ1) is 12.9. The molecule has 1 aliphatic heterocycles. The van der Waals surface area contributed by atoms with Gasteiger partial charge in [-0.2, -0.15) is 0 Å². The quantitative estimate of drug-likeness (QED) is 0.904. The molecule has 0 radical (unpaired) electrons. The first-order valence-corrected chi connectivity index (χ1v) is 6.64. The van der Waals surface area contributed by atoms with Crippen molar-refractivity contribution in [3.8, 4) is 11.5 Å². The van der Waals surface area contributed by atoms with E-state index in [1.165, 1.54) is 0 Å². The Bertz CT molecular complexity index is 588. The summed E-state index contributed by atoms with van der Waals surface area (Å²) in [6, 6.07) is 9.77. The molecule has 0 saturated carbocycles. The molecule has 2 aromatic rings. The van der Waals surface area contributed by atoms with Gasteiger partial charge < -0.3 is 9.52 Å². The Kier molecular flexibility index (Phi) is 3.52. The lowest BCUT2D eigenvalue weighted by Gasteiger charge is -2.37. The van der Waals surface area contributed by atoms with Gasteiger partial charge in [-0.1, -0.05) is 18.2 Å². The Morgan fingerprint density at radius 3 is 2.80 bits per heavy atom. The molecule has 5 nitrogen and oxygen atoms in total. The number of carboxylic acids is 1. The highest BCUT2D eigenvalue weighted by Crippen LogP contribution is 2.23. The maximum Gasteiger partial charge on any atom is 0.303 e. The predicted molar refractivity (Wildman–Crippen MR) is 73.0 cm³/mol. The summed E-state index contributed by atoms with van der Waals surface area (Å²) in [5.41, 5.74) is 1.85. The van der Waals surface area contributed by atoms with Crippen molar-refractivity contribution in [3.63, 3.8) is 0 Å². The van der Waals surface area contributed by atoms with Crippen LogP contribution in [0.2, 0.25) is 0 Å². The Morgan fingerprint density at radius 2 is 2.10 bits per heavy atom. The van der Waals surface area contributed by atoms with Gasteiger partial charge in [0.2, 0.25) is 5.89 Å². The summed E-state index contributed by atoms with van der Waals surface area (Å²) in [4.78, 5) is 17.2. The van der Waals surface area contributed by atoms with Gasteiger partial charge in [0, 0.05) is 25.2 Å². The van der Waals surface area contributed by atoms with Crippen LogP contribution in [0, 0.1) is 5.92 Å². The van der Waals surface area contributed by atoms with Gasteiger partial charge in [-0.3, -0.25) is 9.69 Å². The van der Waals surface area contributed by atoms with Crippen LogP contribution >= 0.6 is 0 Å². The van der Waals surface area contributed by atoms with E-state index in [0.717, 1.165) is 24.3 Å². The van der Waals surface area contributed by atoms with Crippen molar-refractivity contribution >= 4 is 5.97 Å². The van der Waals surface area contributed by atoms with Gasteiger partial charge in [-0.05, 0) is 18.1 Å². The molecule has 1 fully saturated rings. The van der Waals surface area contributed by atoms with Crippen molar-refractivity contribution < 1.29 is 14.3 Å². The number of hydrogen-bond donors (Lipinski definition) is 1. The molecule has 104 valence electrons. The number of aromatic nitrogens is 1. The third kappa shape index (κ3) is 2.88. The van der Waals surface area contributed by atoms with Gasteiger partial charge in [0.05, 0.1) is 12.1 Å². The maximum absolute atomic E-state index is 10.6. The highest BCUT2D eigenvalue weighted by atomic mass is 16.4. The van der Waals surface area contributed by atoms with Gasteiger partial charge in [-0.25, -0.2) is 4.98 Å². The van der Waals surface area contributed by atoms with E-state index in [9.17, 15) is 4.79 Å². The van der Waals surface area contributed by atoms with E-state index in [1.54, 1.807) is 6.26 Å². The Labute approximate surface area is 116 Å². The summed E-state index contributed by atoms with van der Waals surface area (Å²) in [6.45, 7) is 2.35. The summed E-state index contributed by atoms with van der Waals surface area (Å²) in [6.07, 6.45) is 1.93. The summed E-state index contributed by atoms with van der Waals surface area (Å²) in [5, 5.41) is 8.71. The zero-order valence-electron chi connectivity index (χ0n) is 11.0. The molecule has 2 heterocycles. The normalized spacial score (nSPS) is 16.0. The van der Waals surface area contributed by atoms with Gasteiger partial charge >= 0.3 is 5.97 Å². The number of aliphatic carboxylic acids is 1. The van der Waals surface area contributed by atoms with Gasteiger partial charge in [0.25, 0.3) is 0 Å². The Hall–Kier alpha value is -2.14. The smallest absolute Gasteiger partial charge is 0.303 e. The van der Waals surface area contributed by atoms with Crippen LogP contribution in [0.3, 0.4) is 0 Å². The number of oxazole rings is 1. The predicted octanol–water partition coefficient (Wildman–Crippen LogP) is 2.25. The number of rotatable bonds is 5. The van der Waals surface area contributed by atoms with E-state index in [2.05, 4.69) is 9.88 Å². The minimum Gasteiger partial charge on any atom is -0.481 e. The van der Waals surface area contributed by atoms with Crippen molar-refractivity contribution in [1.29, 1.82) is 0 Å². The molecule has 3 rings (SSSR count). The second-order valence-electron chi connectivity index (χ2n) is 5.17. The maximum atomic E-state index is 10.6. The average molecular weight is 272 g/mol. The second kappa shape index (κ2) is 5.46. The monoisotopic (exact) mass is 272 g/mol. The molecule has 1 aromatic carbocycles. The number of nitrogens with zero attached hydrogens (tertiary/aromatic N) is 2. The van der Waals surface area contributed by atoms with Crippen LogP contribution in [-0.2, 0) is 11.3 Å². The lowest BCUT2D eigenvalue weighted by molar-refractivity contribution is -0.139. The van der Waals surface area contributed by atoms with E-state index in [1.807, 2.05) is 30.3 Å². The number of hydrogen-bond acceptors (Lipinski definition) is 4. The van der Waals surface area contributed by atoms with Crippen LogP contribution in [0.4, 0.5) is 0 Å². The summed E-state index contributed by atoms with van der Waals surface area (Å²) in [7, 11) is 0. The second-order valence-corrected chi connectivity index (χ2v) is 5.17. The molecule has 0 aliphatic carbocycles. The van der Waals surface area contributed by atoms with Crippen LogP contribution in [-0.4, -0.2) is 34.0 Å². The van der Waals surface area contributed by atoms with Crippen LogP contribution in [0.15, 0.2) is 41.0 Å². The Morgan fingerprint density at radius 1 is 1.35 bits per heavy atom. The lowest BCUT2D eigenvalue weighted by atomic mass is 9.96. The standard InChI is InChI=1S/C15H16N2O3/c18-14(19)6-11-7-17(8-11)9-13-10-20-15(16-13)12-4-2-1-3-5-12/h1-5,10-11H,6-9H2,(H,18,19). The molecular weight excluding hydrogens is 256 g/mol. The van der Waals surface area contributed by atoms with Crippen molar-refractivity contribution in [1.82, 2.24) is 9.88 Å². The van der Waals surface area contributed by atoms with E-state index < -0.39 is 5.97 Å². The first-order chi connectivity index (χ1) is 9.70. The fourth-order valence-corrected chi connectivity index (χ4v) is 2.50. The molecule has 0 amide bonds. The molecule has 0 bridgehead atoms. The largest absolute Gasteiger partial charge is 0.481 e. The summed E-state index contributed by atoms with van der Waals surface area (Å²) >= 11 is 0. The Balaban J connectivity index is 1.56. The number of benzene rings is 1.